The van der Waals surface area contributed by atoms with Gasteiger partial charge in [0.15, 0.2) is 0 Å². The maximum Gasteiger partial charge on any atom is 0.394 e. The van der Waals surface area contributed by atoms with E-state index in [1.54, 1.807) is 0 Å². The van der Waals surface area contributed by atoms with Crippen molar-refractivity contribution in [1.29, 1.82) is 0 Å². The SMILES string of the molecule is C[C@H]1[C@@H](c2ccc(F)c(Cl)c2)C(C(=O)O)C[C@@]1(C)C(F)(F)F. The number of rotatable bonds is 2. The van der Waals surface area contributed by atoms with Crippen molar-refractivity contribution in [2.24, 2.45) is 17.3 Å². The summed E-state index contributed by atoms with van der Waals surface area (Å²) in [6.07, 6.45) is -5.02. The lowest BCUT2D eigenvalue weighted by molar-refractivity contribution is -0.229. The maximum absolute atomic E-state index is 13.4. The van der Waals surface area contributed by atoms with Gasteiger partial charge in [0.05, 0.1) is 16.4 Å². The van der Waals surface area contributed by atoms with Crippen molar-refractivity contribution < 1.29 is 27.5 Å². The van der Waals surface area contributed by atoms with Gasteiger partial charge in [0.2, 0.25) is 0 Å². The maximum atomic E-state index is 13.4. The molecule has 1 N–H and O–H groups in total. The second-order valence-corrected chi connectivity index (χ2v) is 6.46. The molecule has 1 unspecified atom stereocenters. The second-order valence-electron chi connectivity index (χ2n) is 6.05. The van der Waals surface area contributed by atoms with E-state index in [-0.39, 0.29) is 5.02 Å². The van der Waals surface area contributed by atoms with Gasteiger partial charge in [-0.2, -0.15) is 13.2 Å². The number of carbonyl (C=O) groups is 1. The number of carboxylic acid groups (broad SMARTS) is 1. The van der Waals surface area contributed by atoms with Crippen molar-refractivity contribution in [2.75, 3.05) is 0 Å². The van der Waals surface area contributed by atoms with Gasteiger partial charge >= 0.3 is 12.1 Å². The van der Waals surface area contributed by atoms with Crippen LogP contribution in [0.1, 0.15) is 31.7 Å². The van der Waals surface area contributed by atoms with Crippen molar-refractivity contribution in [1.82, 2.24) is 0 Å². The lowest BCUT2D eigenvalue weighted by atomic mass is 9.75. The average Bonchev–Trinajstić information content (AvgIpc) is 2.67. The number of benzene rings is 1. The molecule has 1 aromatic carbocycles. The fraction of sp³-hybridized carbons (Fsp3) is 0.533. The topological polar surface area (TPSA) is 37.3 Å². The van der Waals surface area contributed by atoms with Crippen molar-refractivity contribution in [2.45, 2.75) is 32.4 Å². The average molecular weight is 339 g/mol. The molecule has 0 saturated heterocycles. The standard InChI is InChI=1S/C15H15ClF4O2/c1-7-12(8-3-4-11(17)10(16)5-8)9(13(21)22)6-14(7,2)15(18,19)20/h3-5,7,9,12H,6H2,1-2H3,(H,21,22)/t7-,9?,12-,14+/m0/s1. The Labute approximate surface area is 130 Å². The van der Waals surface area contributed by atoms with Crippen LogP contribution in [0.2, 0.25) is 5.02 Å². The summed E-state index contributed by atoms with van der Waals surface area (Å²) in [7, 11) is 0. The zero-order valence-electron chi connectivity index (χ0n) is 11.9. The molecule has 1 aliphatic carbocycles. The van der Waals surface area contributed by atoms with Gasteiger partial charge in [-0.15, -0.1) is 0 Å². The van der Waals surface area contributed by atoms with E-state index in [1.807, 2.05) is 0 Å². The van der Waals surface area contributed by atoms with Crippen LogP contribution < -0.4 is 0 Å². The van der Waals surface area contributed by atoms with Crippen LogP contribution >= 0.6 is 11.6 Å². The van der Waals surface area contributed by atoms with Crippen LogP contribution in [0.25, 0.3) is 0 Å². The van der Waals surface area contributed by atoms with Crippen LogP contribution in [0.15, 0.2) is 18.2 Å². The van der Waals surface area contributed by atoms with E-state index in [0.29, 0.717) is 5.56 Å². The number of carboxylic acids is 1. The number of alkyl halides is 3. The highest BCUT2D eigenvalue weighted by Gasteiger charge is 2.63. The van der Waals surface area contributed by atoms with Crippen molar-refractivity contribution in [3.8, 4) is 0 Å². The van der Waals surface area contributed by atoms with E-state index in [0.717, 1.165) is 13.0 Å². The highest BCUT2D eigenvalue weighted by atomic mass is 35.5. The Hall–Kier alpha value is -1.30. The zero-order chi connectivity index (χ0) is 16.9. The molecular formula is C15H15ClF4O2. The summed E-state index contributed by atoms with van der Waals surface area (Å²) in [6.45, 7) is 2.43. The largest absolute Gasteiger partial charge is 0.481 e. The third-order valence-electron chi connectivity index (χ3n) is 4.91. The first-order chi connectivity index (χ1) is 9.99. The van der Waals surface area contributed by atoms with E-state index in [4.69, 9.17) is 11.6 Å². The molecule has 1 saturated carbocycles. The Balaban J connectivity index is 2.52. The van der Waals surface area contributed by atoms with Gasteiger partial charge in [-0.1, -0.05) is 31.5 Å². The Morgan fingerprint density at radius 2 is 2.00 bits per heavy atom. The van der Waals surface area contributed by atoms with Crippen molar-refractivity contribution >= 4 is 17.6 Å². The van der Waals surface area contributed by atoms with Crippen molar-refractivity contribution in [3.05, 3.63) is 34.6 Å². The minimum atomic E-state index is -4.52. The molecule has 4 atom stereocenters. The third kappa shape index (κ3) is 2.57. The molecule has 0 aromatic heterocycles. The molecule has 122 valence electrons. The van der Waals surface area contributed by atoms with Gasteiger partial charge in [0.25, 0.3) is 0 Å². The minimum absolute atomic E-state index is 0.227. The Bertz CT molecular complexity index is 602. The fourth-order valence-corrected chi connectivity index (χ4v) is 3.56. The Kier molecular flexibility index (Phi) is 4.19. The number of halogens is 5. The van der Waals surface area contributed by atoms with E-state index >= 15 is 0 Å². The summed E-state index contributed by atoms with van der Waals surface area (Å²) in [5.74, 6) is -5.01. The molecule has 2 rings (SSSR count). The highest BCUT2D eigenvalue weighted by molar-refractivity contribution is 6.30. The van der Waals surface area contributed by atoms with Gasteiger partial charge in [-0.05, 0) is 30.0 Å². The summed E-state index contributed by atoms with van der Waals surface area (Å²) in [5.41, 5.74) is -1.79. The third-order valence-corrected chi connectivity index (χ3v) is 5.20. The zero-order valence-corrected chi connectivity index (χ0v) is 12.7. The minimum Gasteiger partial charge on any atom is -0.481 e. The number of hydrogen-bond acceptors (Lipinski definition) is 1. The van der Waals surface area contributed by atoms with Crippen LogP contribution in [-0.4, -0.2) is 17.3 Å². The van der Waals surface area contributed by atoms with Crippen molar-refractivity contribution in [3.63, 3.8) is 0 Å². The van der Waals surface area contributed by atoms with Gasteiger partial charge in [0.1, 0.15) is 5.82 Å². The Morgan fingerprint density at radius 1 is 1.41 bits per heavy atom. The van der Waals surface area contributed by atoms with Crippen LogP contribution in [0.3, 0.4) is 0 Å². The summed E-state index contributed by atoms with van der Waals surface area (Å²) < 4.78 is 53.4. The number of hydrogen-bond donors (Lipinski definition) is 1. The van der Waals surface area contributed by atoms with Crippen LogP contribution in [0, 0.1) is 23.1 Å². The lowest BCUT2D eigenvalue weighted by Gasteiger charge is -2.33. The highest BCUT2D eigenvalue weighted by Crippen LogP contribution is 2.61. The van der Waals surface area contributed by atoms with Crippen LogP contribution in [0.4, 0.5) is 17.6 Å². The molecule has 0 amide bonds. The molecule has 0 aliphatic heterocycles. The van der Waals surface area contributed by atoms with Gasteiger partial charge in [-0.3, -0.25) is 4.79 Å². The molecule has 22 heavy (non-hydrogen) atoms. The predicted molar refractivity (Wildman–Crippen MR) is 73.2 cm³/mol. The van der Waals surface area contributed by atoms with Crippen LogP contribution in [-0.2, 0) is 4.79 Å². The number of aliphatic carboxylic acids is 1. The molecule has 0 spiro atoms. The summed E-state index contributed by atoms with van der Waals surface area (Å²) in [5, 5.41) is 9.08. The van der Waals surface area contributed by atoms with Gasteiger partial charge < -0.3 is 5.11 Å². The molecule has 0 radical (unpaired) electrons. The summed E-state index contributed by atoms with van der Waals surface area (Å²) in [4.78, 5) is 11.4. The quantitative estimate of drug-likeness (QED) is 0.781. The smallest absolute Gasteiger partial charge is 0.394 e. The fourth-order valence-electron chi connectivity index (χ4n) is 3.37. The predicted octanol–water partition coefficient (Wildman–Crippen LogP) is 4.87. The van der Waals surface area contributed by atoms with E-state index in [2.05, 4.69) is 0 Å². The summed E-state index contributed by atoms with van der Waals surface area (Å²) >= 11 is 5.68. The van der Waals surface area contributed by atoms with E-state index in [9.17, 15) is 27.5 Å². The first-order valence-corrected chi connectivity index (χ1v) is 7.11. The Morgan fingerprint density at radius 3 is 2.45 bits per heavy atom. The molecule has 7 heteroatoms. The molecule has 1 aromatic rings. The molecule has 1 aliphatic rings. The lowest BCUT2D eigenvalue weighted by Crippen LogP contribution is -2.38. The monoisotopic (exact) mass is 338 g/mol. The van der Waals surface area contributed by atoms with E-state index in [1.165, 1.54) is 19.1 Å². The van der Waals surface area contributed by atoms with E-state index < -0.39 is 47.6 Å². The molecule has 1 fully saturated rings. The summed E-state index contributed by atoms with van der Waals surface area (Å²) in [6, 6.07) is 3.57. The molecular weight excluding hydrogens is 324 g/mol. The molecule has 2 nitrogen and oxygen atoms in total. The second kappa shape index (κ2) is 5.41. The first-order valence-electron chi connectivity index (χ1n) is 6.73. The first kappa shape index (κ1) is 17.1. The normalized spacial score (nSPS) is 32.2. The van der Waals surface area contributed by atoms with Crippen LogP contribution in [0.5, 0.6) is 0 Å². The molecule has 0 heterocycles. The van der Waals surface area contributed by atoms with Gasteiger partial charge in [0, 0.05) is 5.92 Å². The molecule has 0 bridgehead atoms. The van der Waals surface area contributed by atoms with Gasteiger partial charge in [-0.25, -0.2) is 4.39 Å².